The predicted octanol–water partition coefficient (Wildman–Crippen LogP) is 4.95. The van der Waals surface area contributed by atoms with E-state index in [1.54, 1.807) is 0 Å². The number of pyridine rings is 1. The van der Waals surface area contributed by atoms with Gasteiger partial charge >= 0.3 is 0 Å². The molecule has 8 nitrogen and oxygen atoms in total. The molecule has 3 N–H and O–H groups in total. The van der Waals surface area contributed by atoms with E-state index >= 15 is 0 Å². The van der Waals surface area contributed by atoms with E-state index in [9.17, 15) is 9.90 Å². The number of amides is 1. The summed E-state index contributed by atoms with van der Waals surface area (Å²) >= 11 is 0. The van der Waals surface area contributed by atoms with Crippen LogP contribution in [0.4, 0.5) is 5.69 Å². The number of H-pyrrole nitrogens is 1. The molecule has 2 aromatic heterocycles. The number of aliphatic hydroxyl groups is 1. The Kier molecular flexibility index (Phi) is 6.60. The predicted molar refractivity (Wildman–Crippen MR) is 134 cm³/mol. The van der Waals surface area contributed by atoms with E-state index in [2.05, 4.69) is 35.2 Å². The second-order valence-corrected chi connectivity index (χ2v) is 11.5. The van der Waals surface area contributed by atoms with Crippen molar-refractivity contribution < 1.29 is 14.6 Å². The SMILES string of the molecule is CC1(C)CC=C(c2nc([C@@H]3CC(C)(C)OC(C)(CO)C3)ccc2NC(=O)c2ncc(C#N)[nH]2)CC1. The molecule has 2 atom stereocenters. The molecule has 1 aliphatic heterocycles. The molecule has 4 rings (SSSR count). The molecule has 0 aromatic carbocycles. The van der Waals surface area contributed by atoms with E-state index in [0.29, 0.717) is 12.1 Å². The summed E-state index contributed by atoms with van der Waals surface area (Å²) in [6.07, 6.45) is 7.88. The highest BCUT2D eigenvalue weighted by molar-refractivity contribution is 6.03. The number of aliphatic hydroxyl groups excluding tert-OH is 1. The van der Waals surface area contributed by atoms with Gasteiger partial charge in [0.2, 0.25) is 0 Å². The van der Waals surface area contributed by atoms with Gasteiger partial charge in [0.15, 0.2) is 5.82 Å². The minimum atomic E-state index is -0.632. The maximum atomic E-state index is 12.9. The van der Waals surface area contributed by atoms with Gasteiger partial charge in [0, 0.05) is 11.6 Å². The Morgan fingerprint density at radius 2 is 2.06 bits per heavy atom. The molecule has 1 amide bonds. The van der Waals surface area contributed by atoms with Crippen LogP contribution in [0.1, 0.15) is 100 Å². The van der Waals surface area contributed by atoms with Crippen molar-refractivity contribution in [2.24, 2.45) is 5.41 Å². The van der Waals surface area contributed by atoms with E-state index in [0.717, 1.165) is 42.6 Å². The van der Waals surface area contributed by atoms with Crippen LogP contribution in [0.2, 0.25) is 0 Å². The fourth-order valence-electron chi connectivity index (χ4n) is 5.26. The number of ether oxygens (including phenoxy) is 1. The van der Waals surface area contributed by atoms with Crippen LogP contribution in [-0.2, 0) is 4.74 Å². The number of nitriles is 1. The Bertz CT molecular complexity index is 1190. The molecule has 0 radical (unpaired) electrons. The van der Waals surface area contributed by atoms with Gasteiger partial charge in [-0.2, -0.15) is 5.26 Å². The van der Waals surface area contributed by atoms with Gasteiger partial charge in [-0.05, 0) is 76.0 Å². The third-order valence-electron chi connectivity index (χ3n) is 7.04. The molecule has 1 fully saturated rings. The van der Waals surface area contributed by atoms with Gasteiger partial charge in [0.1, 0.15) is 11.8 Å². The fraction of sp³-hybridized carbons (Fsp3) is 0.556. The molecular weight excluding hydrogens is 442 g/mol. The second kappa shape index (κ2) is 9.21. The Hall–Kier alpha value is -3.02. The first-order chi connectivity index (χ1) is 16.4. The average molecular weight is 478 g/mol. The molecule has 2 aliphatic rings. The lowest BCUT2D eigenvalue weighted by Gasteiger charge is -2.46. The molecule has 1 aliphatic carbocycles. The molecule has 35 heavy (non-hydrogen) atoms. The number of aromatic nitrogens is 3. The van der Waals surface area contributed by atoms with Crippen molar-refractivity contribution in [1.29, 1.82) is 5.26 Å². The maximum Gasteiger partial charge on any atom is 0.291 e. The molecule has 186 valence electrons. The number of carbonyl (C=O) groups is 1. The van der Waals surface area contributed by atoms with Crippen LogP contribution >= 0.6 is 0 Å². The molecule has 0 bridgehead atoms. The van der Waals surface area contributed by atoms with Gasteiger partial charge in [-0.15, -0.1) is 0 Å². The summed E-state index contributed by atoms with van der Waals surface area (Å²) < 4.78 is 6.19. The van der Waals surface area contributed by atoms with Gasteiger partial charge in [0.05, 0.1) is 35.4 Å². The van der Waals surface area contributed by atoms with Crippen LogP contribution in [0, 0.1) is 16.7 Å². The van der Waals surface area contributed by atoms with Crippen molar-refractivity contribution in [3.8, 4) is 6.07 Å². The molecule has 2 aromatic rings. The van der Waals surface area contributed by atoms with Crippen LogP contribution in [0.15, 0.2) is 24.4 Å². The molecule has 1 unspecified atom stereocenters. The number of hydrogen-bond acceptors (Lipinski definition) is 6. The van der Waals surface area contributed by atoms with Gasteiger partial charge < -0.3 is 20.1 Å². The normalized spacial score (nSPS) is 25.4. The van der Waals surface area contributed by atoms with Crippen LogP contribution < -0.4 is 5.32 Å². The molecular formula is C27H35N5O3. The first-order valence-corrected chi connectivity index (χ1v) is 12.2. The summed E-state index contributed by atoms with van der Waals surface area (Å²) in [6.45, 7) is 10.5. The third kappa shape index (κ3) is 5.63. The van der Waals surface area contributed by atoms with Crippen molar-refractivity contribution >= 4 is 17.2 Å². The summed E-state index contributed by atoms with van der Waals surface area (Å²) in [7, 11) is 0. The first-order valence-electron chi connectivity index (χ1n) is 12.2. The van der Waals surface area contributed by atoms with E-state index in [-0.39, 0.29) is 35.1 Å². The zero-order valence-electron chi connectivity index (χ0n) is 21.2. The summed E-state index contributed by atoms with van der Waals surface area (Å²) in [4.78, 5) is 24.7. The fourth-order valence-corrected chi connectivity index (χ4v) is 5.26. The highest BCUT2D eigenvalue weighted by atomic mass is 16.5. The standard InChI is InChI=1S/C27H35N5O3/c1-25(2)10-8-17(9-11-25)22-21(32-24(34)23-29-15-19(14-28)30-23)7-6-20(31-22)18-12-26(3,4)35-27(5,13-18)16-33/h6-8,15,18,33H,9-13,16H2,1-5H3,(H,29,30)(H,32,34)/t18-,27?/m1/s1. The summed E-state index contributed by atoms with van der Waals surface area (Å²) in [5, 5.41) is 22.0. The van der Waals surface area contributed by atoms with Gasteiger partial charge in [-0.3, -0.25) is 9.78 Å². The highest BCUT2D eigenvalue weighted by Gasteiger charge is 2.43. The van der Waals surface area contributed by atoms with E-state index in [1.807, 2.05) is 39.0 Å². The Morgan fingerprint density at radius 3 is 2.69 bits per heavy atom. The van der Waals surface area contributed by atoms with Crippen LogP contribution in [0.25, 0.3) is 5.57 Å². The topological polar surface area (TPSA) is 124 Å². The first kappa shape index (κ1) is 25.1. The number of nitrogens with zero attached hydrogens (tertiary/aromatic N) is 3. The van der Waals surface area contributed by atoms with E-state index in [4.69, 9.17) is 15.0 Å². The Labute approximate surface area is 206 Å². The van der Waals surface area contributed by atoms with E-state index < -0.39 is 11.5 Å². The molecule has 0 saturated carbocycles. The Morgan fingerprint density at radius 1 is 1.29 bits per heavy atom. The molecule has 8 heteroatoms. The minimum absolute atomic E-state index is 0.0536. The van der Waals surface area contributed by atoms with Crippen molar-refractivity contribution in [3.63, 3.8) is 0 Å². The van der Waals surface area contributed by atoms with Crippen LogP contribution in [-0.4, -0.2) is 43.8 Å². The molecule has 3 heterocycles. The summed E-state index contributed by atoms with van der Waals surface area (Å²) in [5.41, 5.74) is 2.90. The monoisotopic (exact) mass is 477 g/mol. The number of carbonyl (C=O) groups excluding carboxylic acids is 1. The number of allylic oxidation sites excluding steroid dienone is 2. The lowest BCUT2D eigenvalue weighted by Crippen LogP contribution is -2.48. The van der Waals surface area contributed by atoms with Crippen molar-refractivity contribution in [1.82, 2.24) is 15.0 Å². The molecule has 0 spiro atoms. The van der Waals surface area contributed by atoms with Gasteiger partial charge in [-0.25, -0.2) is 4.98 Å². The number of imidazole rings is 1. The third-order valence-corrected chi connectivity index (χ3v) is 7.04. The Balaban J connectivity index is 1.70. The number of hydrogen-bond donors (Lipinski definition) is 3. The van der Waals surface area contributed by atoms with Crippen molar-refractivity contribution in [2.45, 2.75) is 83.8 Å². The zero-order valence-corrected chi connectivity index (χ0v) is 21.2. The van der Waals surface area contributed by atoms with Crippen molar-refractivity contribution in [2.75, 3.05) is 11.9 Å². The summed E-state index contributed by atoms with van der Waals surface area (Å²) in [6, 6.07) is 5.81. The number of aromatic amines is 1. The average Bonchev–Trinajstić information content (AvgIpc) is 3.28. The second-order valence-electron chi connectivity index (χ2n) is 11.5. The van der Waals surface area contributed by atoms with Gasteiger partial charge in [0.25, 0.3) is 5.91 Å². The maximum absolute atomic E-state index is 12.9. The number of rotatable bonds is 5. The number of anilines is 1. The molecule has 1 saturated heterocycles. The number of nitrogens with one attached hydrogen (secondary N) is 2. The van der Waals surface area contributed by atoms with Gasteiger partial charge in [-0.1, -0.05) is 19.9 Å². The largest absolute Gasteiger partial charge is 0.393 e. The lowest BCUT2D eigenvalue weighted by molar-refractivity contribution is -0.187. The minimum Gasteiger partial charge on any atom is -0.393 e. The van der Waals surface area contributed by atoms with Crippen LogP contribution in [0.5, 0.6) is 0 Å². The smallest absolute Gasteiger partial charge is 0.291 e. The highest BCUT2D eigenvalue weighted by Crippen LogP contribution is 2.44. The quantitative estimate of drug-likeness (QED) is 0.560. The summed E-state index contributed by atoms with van der Waals surface area (Å²) in [5.74, 6) is -0.220. The van der Waals surface area contributed by atoms with Crippen molar-refractivity contribution in [3.05, 3.63) is 47.3 Å². The lowest BCUT2D eigenvalue weighted by atomic mass is 9.77. The zero-order chi connectivity index (χ0) is 25.4. The van der Waals surface area contributed by atoms with Crippen LogP contribution in [0.3, 0.4) is 0 Å². The van der Waals surface area contributed by atoms with E-state index in [1.165, 1.54) is 6.20 Å².